The van der Waals surface area contributed by atoms with Gasteiger partial charge in [0.15, 0.2) is 5.13 Å². The Hall–Kier alpha value is -2.07. The third-order valence-electron chi connectivity index (χ3n) is 3.89. The smallest absolute Gasteiger partial charge is 0.183 e. The molecular weight excluding hydrogens is 304 g/mol. The molecule has 1 N–H and O–H groups in total. The van der Waals surface area contributed by atoms with Gasteiger partial charge in [0.05, 0.1) is 16.8 Å². The number of nitrogens with zero attached hydrogens (tertiary/aromatic N) is 1. The number of aromatic nitrogens is 1. The highest BCUT2D eigenvalue weighted by molar-refractivity contribution is 7.22. The van der Waals surface area contributed by atoms with Gasteiger partial charge in [-0.3, -0.25) is 0 Å². The minimum Gasteiger partial charge on any atom is -0.494 e. The predicted molar refractivity (Wildman–Crippen MR) is 98.9 cm³/mol. The van der Waals surface area contributed by atoms with Gasteiger partial charge in [-0.2, -0.15) is 0 Å². The summed E-state index contributed by atoms with van der Waals surface area (Å²) < 4.78 is 6.95. The Balaban J connectivity index is 1.77. The van der Waals surface area contributed by atoms with Crippen LogP contribution in [0.15, 0.2) is 36.4 Å². The van der Waals surface area contributed by atoms with Crippen molar-refractivity contribution >= 4 is 26.7 Å². The first kappa shape index (κ1) is 15.8. The number of ether oxygens (including phenoxy) is 1. The van der Waals surface area contributed by atoms with Gasteiger partial charge in [0.2, 0.25) is 0 Å². The Morgan fingerprint density at radius 2 is 1.96 bits per heavy atom. The highest BCUT2D eigenvalue weighted by Gasteiger charge is 2.13. The first-order valence-electron chi connectivity index (χ1n) is 8.00. The predicted octanol–water partition coefficient (Wildman–Crippen LogP) is 4.97. The molecular formula is C19H22N2OS. The second-order valence-electron chi connectivity index (χ2n) is 5.61. The van der Waals surface area contributed by atoms with Crippen molar-refractivity contribution in [2.75, 3.05) is 18.5 Å². The van der Waals surface area contributed by atoms with Crippen LogP contribution in [0.25, 0.3) is 10.2 Å². The minimum atomic E-state index is 0.687. The molecule has 23 heavy (non-hydrogen) atoms. The van der Waals surface area contributed by atoms with Crippen molar-refractivity contribution < 1.29 is 4.74 Å². The van der Waals surface area contributed by atoms with E-state index in [4.69, 9.17) is 9.72 Å². The molecule has 120 valence electrons. The van der Waals surface area contributed by atoms with Gasteiger partial charge in [0, 0.05) is 12.1 Å². The number of benzene rings is 2. The van der Waals surface area contributed by atoms with Crippen molar-refractivity contribution in [1.82, 2.24) is 4.98 Å². The van der Waals surface area contributed by atoms with Gasteiger partial charge in [-0.25, -0.2) is 4.98 Å². The average Bonchev–Trinajstić information content (AvgIpc) is 2.99. The SMILES string of the molecule is CCOc1cc(C)c2nc(NCCc3ccccc3)sc2c1C. The number of thiazole rings is 1. The number of rotatable bonds is 6. The third kappa shape index (κ3) is 3.48. The summed E-state index contributed by atoms with van der Waals surface area (Å²) >= 11 is 1.71. The van der Waals surface area contributed by atoms with Crippen LogP contribution in [0.4, 0.5) is 5.13 Å². The second-order valence-corrected chi connectivity index (χ2v) is 6.61. The summed E-state index contributed by atoms with van der Waals surface area (Å²) in [7, 11) is 0. The summed E-state index contributed by atoms with van der Waals surface area (Å²) in [5.41, 5.74) is 4.77. The number of fused-ring (bicyclic) bond motifs is 1. The summed E-state index contributed by atoms with van der Waals surface area (Å²) in [5.74, 6) is 0.969. The Labute approximate surface area is 141 Å². The van der Waals surface area contributed by atoms with Crippen molar-refractivity contribution in [3.8, 4) is 5.75 Å². The van der Waals surface area contributed by atoms with E-state index in [2.05, 4.69) is 49.5 Å². The fraction of sp³-hybridized carbons (Fsp3) is 0.316. The fourth-order valence-corrected chi connectivity index (χ4v) is 3.73. The maximum absolute atomic E-state index is 5.73. The van der Waals surface area contributed by atoms with E-state index in [9.17, 15) is 0 Å². The third-order valence-corrected chi connectivity index (χ3v) is 5.02. The zero-order chi connectivity index (χ0) is 16.2. The lowest BCUT2D eigenvalue weighted by atomic mass is 10.1. The van der Waals surface area contributed by atoms with Crippen LogP contribution >= 0.6 is 11.3 Å². The second kappa shape index (κ2) is 7.01. The Bertz CT molecular complexity index is 796. The van der Waals surface area contributed by atoms with Gasteiger partial charge in [0.25, 0.3) is 0 Å². The molecule has 0 aliphatic heterocycles. The quantitative estimate of drug-likeness (QED) is 0.694. The Morgan fingerprint density at radius 1 is 1.17 bits per heavy atom. The average molecular weight is 326 g/mol. The van der Waals surface area contributed by atoms with E-state index < -0.39 is 0 Å². The molecule has 0 amide bonds. The standard InChI is InChI=1S/C19H22N2OS/c1-4-22-16-12-13(2)17-18(14(16)3)23-19(21-17)20-11-10-15-8-6-5-7-9-15/h5-9,12H,4,10-11H2,1-3H3,(H,20,21). The molecule has 3 aromatic rings. The topological polar surface area (TPSA) is 34.1 Å². The van der Waals surface area contributed by atoms with E-state index in [1.807, 2.05) is 13.0 Å². The zero-order valence-electron chi connectivity index (χ0n) is 13.8. The van der Waals surface area contributed by atoms with Crippen molar-refractivity contribution in [2.24, 2.45) is 0 Å². The summed E-state index contributed by atoms with van der Waals surface area (Å²) in [6.45, 7) is 7.80. The first-order valence-corrected chi connectivity index (χ1v) is 8.82. The molecule has 1 aromatic heterocycles. The molecule has 0 radical (unpaired) electrons. The van der Waals surface area contributed by atoms with Crippen LogP contribution in [0, 0.1) is 13.8 Å². The molecule has 0 atom stereocenters. The van der Waals surface area contributed by atoms with E-state index in [0.29, 0.717) is 6.61 Å². The van der Waals surface area contributed by atoms with Gasteiger partial charge in [-0.1, -0.05) is 41.7 Å². The lowest BCUT2D eigenvalue weighted by molar-refractivity contribution is 0.338. The molecule has 3 nitrogen and oxygen atoms in total. The maximum Gasteiger partial charge on any atom is 0.183 e. The summed E-state index contributed by atoms with van der Waals surface area (Å²) in [6, 6.07) is 12.6. The molecule has 0 spiro atoms. The van der Waals surface area contributed by atoms with Crippen molar-refractivity contribution in [2.45, 2.75) is 27.2 Å². The molecule has 0 bridgehead atoms. The van der Waals surface area contributed by atoms with Crippen LogP contribution in [0.3, 0.4) is 0 Å². The lowest BCUT2D eigenvalue weighted by Crippen LogP contribution is -2.04. The summed E-state index contributed by atoms with van der Waals surface area (Å²) in [5, 5.41) is 4.44. The van der Waals surface area contributed by atoms with Crippen molar-refractivity contribution in [3.05, 3.63) is 53.1 Å². The van der Waals surface area contributed by atoms with Gasteiger partial charge >= 0.3 is 0 Å². The Kier molecular flexibility index (Phi) is 4.82. The highest BCUT2D eigenvalue weighted by atomic mass is 32.1. The fourth-order valence-electron chi connectivity index (χ4n) is 2.67. The first-order chi connectivity index (χ1) is 11.2. The molecule has 0 fully saturated rings. The van der Waals surface area contributed by atoms with Crippen molar-refractivity contribution in [1.29, 1.82) is 0 Å². The van der Waals surface area contributed by atoms with Crippen molar-refractivity contribution in [3.63, 3.8) is 0 Å². The van der Waals surface area contributed by atoms with Gasteiger partial charge in [0.1, 0.15) is 5.75 Å². The molecule has 2 aromatic carbocycles. The van der Waals surface area contributed by atoms with E-state index in [1.165, 1.54) is 21.4 Å². The minimum absolute atomic E-state index is 0.687. The molecule has 1 heterocycles. The van der Waals surface area contributed by atoms with Gasteiger partial charge < -0.3 is 10.1 Å². The van der Waals surface area contributed by atoms with Crippen LogP contribution in [0.1, 0.15) is 23.6 Å². The zero-order valence-corrected chi connectivity index (χ0v) is 14.7. The number of hydrogen-bond donors (Lipinski definition) is 1. The molecule has 0 unspecified atom stereocenters. The number of hydrogen-bond acceptors (Lipinski definition) is 4. The number of aryl methyl sites for hydroxylation is 2. The number of nitrogens with one attached hydrogen (secondary N) is 1. The van der Waals surface area contributed by atoms with Crippen LogP contribution in [-0.2, 0) is 6.42 Å². The van der Waals surface area contributed by atoms with Crippen LogP contribution in [-0.4, -0.2) is 18.1 Å². The normalized spacial score (nSPS) is 10.9. The lowest BCUT2D eigenvalue weighted by Gasteiger charge is -2.08. The van der Waals surface area contributed by atoms with E-state index in [-0.39, 0.29) is 0 Å². The largest absolute Gasteiger partial charge is 0.494 e. The molecule has 0 saturated carbocycles. The Morgan fingerprint density at radius 3 is 2.70 bits per heavy atom. The molecule has 3 rings (SSSR count). The van der Waals surface area contributed by atoms with E-state index in [0.717, 1.165) is 29.4 Å². The highest BCUT2D eigenvalue weighted by Crippen LogP contribution is 2.36. The van der Waals surface area contributed by atoms with Gasteiger partial charge in [-0.05, 0) is 44.4 Å². The summed E-state index contributed by atoms with van der Waals surface area (Å²) in [6.07, 6.45) is 0.999. The summed E-state index contributed by atoms with van der Waals surface area (Å²) in [4.78, 5) is 4.76. The van der Waals surface area contributed by atoms with E-state index >= 15 is 0 Å². The van der Waals surface area contributed by atoms with Crippen LogP contribution in [0.2, 0.25) is 0 Å². The molecule has 0 saturated heterocycles. The van der Waals surface area contributed by atoms with Gasteiger partial charge in [-0.15, -0.1) is 0 Å². The van der Waals surface area contributed by atoms with E-state index in [1.54, 1.807) is 11.3 Å². The molecule has 0 aliphatic carbocycles. The van der Waals surface area contributed by atoms with Crippen LogP contribution in [0.5, 0.6) is 5.75 Å². The molecule has 4 heteroatoms. The monoisotopic (exact) mass is 326 g/mol. The van der Waals surface area contributed by atoms with Crippen LogP contribution < -0.4 is 10.1 Å². The number of anilines is 1. The molecule has 0 aliphatic rings. The maximum atomic E-state index is 5.73.